The Morgan fingerprint density at radius 3 is 2.80 bits per heavy atom. The first-order chi connectivity index (χ1) is 14.6. The maximum absolute atomic E-state index is 15.2. The van der Waals surface area contributed by atoms with Crippen LogP contribution in [0.15, 0.2) is 99.4 Å². The highest BCUT2D eigenvalue weighted by atomic mass is 32.1. The zero-order chi connectivity index (χ0) is 20.3. The Bertz CT molecular complexity index is 1410. The van der Waals surface area contributed by atoms with Gasteiger partial charge in [-0.05, 0) is 29.6 Å². The summed E-state index contributed by atoms with van der Waals surface area (Å²) in [7, 11) is 0. The number of nitrogens with two attached hydrogens (primary N) is 1. The summed E-state index contributed by atoms with van der Waals surface area (Å²) in [6, 6.07) is 11.0. The molecule has 2 aromatic heterocycles. The Kier molecular flexibility index (Phi) is 3.61. The lowest BCUT2D eigenvalue weighted by atomic mass is 10.0. The molecule has 30 heavy (non-hydrogen) atoms. The maximum Gasteiger partial charge on any atom is 0.268 e. The number of rotatable bonds is 3. The van der Waals surface area contributed by atoms with Crippen molar-refractivity contribution in [2.24, 2.45) is 15.8 Å². The second kappa shape index (κ2) is 6.24. The van der Waals surface area contributed by atoms with Crippen molar-refractivity contribution in [1.29, 1.82) is 0 Å². The van der Waals surface area contributed by atoms with E-state index in [0.717, 1.165) is 21.5 Å². The molecule has 5 nitrogen and oxygen atoms in total. The molecule has 0 bridgehead atoms. The average molecular weight is 412 g/mol. The van der Waals surface area contributed by atoms with E-state index in [-0.39, 0.29) is 10.4 Å². The van der Waals surface area contributed by atoms with E-state index < -0.39 is 0 Å². The van der Waals surface area contributed by atoms with Crippen LogP contribution in [0.25, 0.3) is 21.5 Å². The van der Waals surface area contributed by atoms with Crippen LogP contribution in [-0.2, 0) is 0 Å². The van der Waals surface area contributed by atoms with Crippen molar-refractivity contribution in [2.45, 2.75) is 0 Å². The summed E-state index contributed by atoms with van der Waals surface area (Å²) in [5.41, 5.74) is 4.25. The van der Waals surface area contributed by atoms with Crippen LogP contribution in [0.3, 0.4) is 0 Å². The van der Waals surface area contributed by atoms with Gasteiger partial charge in [0.1, 0.15) is 17.7 Å². The zero-order valence-electron chi connectivity index (χ0n) is 15.7. The lowest BCUT2D eigenvalue weighted by molar-refractivity contribution is -0.750. The molecular formula is C23H15FN5S+. The van der Waals surface area contributed by atoms with Gasteiger partial charge < -0.3 is 0 Å². The van der Waals surface area contributed by atoms with Gasteiger partial charge in [0, 0.05) is 11.0 Å². The Balaban J connectivity index is 1.53. The molecule has 0 amide bonds. The third-order valence-electron chi connectivity index (χ3n) is 5.41. The van der Waals surface area contributed by atoms with Crippen molar-refractivity contribution >= 4 is 34.3 Å². The van der Waals surface area contributed by atoms with E-state index in [4.69, 9.17) is 15.8 Å². The van der Waals surface area contributed by atoms with Gasteiger partial charge in [0.25, 0.3) is 5.84 Å². The summed E-state index contributed by atoms with van der Waals surface area (Å²) in [6.07, 6.45) is 10.9. The van der Waals surface area contributed by atoms with Gasteiger partial charge in [-0.1, -0.05) is 30.4 Å². The molecule has 3 aromatic rings. The number of quaternary nitrogens is 1. The molecule has 2 N–H and O–H groups in total. The highest BCUT2D eigenvalue weighted by Crippen LogP contribution is 2.37. The second-order valence-corrected chi connectivity index (χ2v) is 8.15. The lowest BCUT2D eigenvalue weighted by Crippen LogP contribution is -2.53. The fourth-order valence-electron chi connectivity index (χ4n) is 3.80. The van der Waals surface area contributed by atoms with Crippen molar-refractivity contribution in [3.05, 3.63) is 101 Å². The van der Waals surface area contributed by atoms with Gasteiger partial charge in [0.2, 0.25) is 5.70 Å². The SMILES string of the molecule is N[N+]12C=CN=CC1=C(C1=CC=C1)N=C2c1cc2nc(-c3cccs3)ccc2cc1F. The number of benzene rings is 1. The molecule has 7 heteroatoms. The molecule has 0 spiro atoms. The van der Waals surface area contributed by atoms with E-state index in [1.165, 1.54) is 6.07 Å². The smallest absolute Gasteiger partial charge is 0.253 e. The first-order valence-corrected chi connectivity index (χ1v) is 10.3. The normalized spacial score (nSPS) is 21.7. The Labute approximate surface area is 175 Å². The molecule has 0 saturated carbocycles. The van der Waals surface area contributed by atoms with Crippen LogP contribution in [-0.4, -0.2) is 21.6 Å². The minimum atomic E-state index is -0.385. The summed E-state index contributed by atoms with van der Waals surface area (Å²) in [6.45, 7) is 0. The number of hydrogen-bond acceptors (Lipinski definition) is 5. The minimum absolute atomic E-state index is 0.225. The quantitative estimate of drug-likeness (QED) is 0.495. The number of aromatic nitrogens is 1. The van der Waals surface area contributed by atoms with Gasteiger partial charge in [-0.25, -0.2) is 9.37 Å². The predicted octanol–water partition coefficient (Wildman–Crippen LogP) is 4.82. The van der Waals surface area contributed by atoms with Crippen molar-refractivity contribution in [2.75, 3.05) is 0 Å². The monoisotopic (exact) mass is 412 g/mol. The van der Waals surface area contributed by atoms with E-state index in [1.807, 2.05) is 47.9 Å². The molecule has 1 unspecified atom stereocenters. The van der Waals surface area contributed by atoms with Crippen molar-refractivity contribution in [1.82, 2.24) is 4.98 Å². The fourth-order valence-corrected chi connectivity index (χ4v) is 4.49. The summed E-state index contributed by atoms with van der Waals surface area (Å²) in [5.74, 6) is 6.73. The lowest BCUT2D eigenvalue weighted by Gasteiger charge is -2.26. The number of allylic oxidation sites excluding steroid dienone is 4. The van der Waals surface area contributed by atoms with Gasteiger partial charge in [-0.3, -0.25) is 4.99 Å². The van der Waals surface area contributed by atoms with Crippen LogP contribution >= 0.6 is 11.3 Å². The predicted molar refractivity (Wildman–Crippen MR) is 118 cm³/mol. The number of halogens is 1. The van der Waals surface area contributed by atoms with Gasteiger partial charge >= 0.3 is 0 Å². The molecule has 1 atom stereocenters. The number of fused-ring (bicyclic) bond motifs is 2. The number of nitrogens with zero attached hydrogens (tertiary/aromatic N) is 4. The largest absolute Gasteiger partial charge is 0.268 e. The highest BCUT2D eigenvalue weighted by Gasteiger charge is 2.45. The van der Waals surface area contributed by atoms with Crippen LogP contribution in [0.5, 0.6) is 0 Å². The average Bonchev–Trinajstić information content (AvgIpc) is 3.33. The molecule has 3 aliphatic rings. The summed E-state index contributed by atoms with van der Waals surface area (Å²) in [4.78, 5) is 14.8. The van der Waals surface area contributed by atoms with E-state index in [0.29, 0.717) is 28.3 Å². The van der Waals surface area contributed by atoms with Gasteiger partial charge in [-0.15, -0.1) is 15.9 Å². The number of pyridine rings is 1. The minimum Gasteiger partial charge on any atom is -0.253 e. The third-order valence-corrected chi connectivity index (χ3v) is 6.30. The second-order valence-electron chi connectivity index (χ2n) is 7.20. The number of thiophene rings is 1. The molecule has 0 radical (unpaired) electrons. The Morgan fingerprint density at radius 1 is 1.13 bits per heavy atom. The molecule has 1 aromatic carbocycles. The highest BCUT2D eigenvalue weighted by molar-refractivity contribution is 7.13. The maximum atomic E-state index is 15.2. The summed E-state index contributed by atoms with van der Waals surface area (Å²) < 4.78 is 15.0. The van der Waals surface area contributed by atoms with Gasteiger partial charge in [0.05, 0.1) is 34.1 Å². The Morgan fingerprint density at radius 2 is 2.03 bits per heavy atom. The Hall–Kier alpha value is -3.52. The molecule has 0 saturated heterocycles. The van der Waals surface area contributed by atoms with E-state index in [1.54, 1.807) is 36.0 Å². The first kappa shape index (κ1) is 17.3. The molecular weight excluding hydrogens is 397 g/mol. The first-order valence-electron chi connectivity index (χ1n) is 9.39. The molecule has 1 aliphatic carbocycles. The third kappa shape index (κ3) is 2.43. The van der Waals surface area contributed by atoms with Crippen molar-refractivity contribution < 1.29 is 8.98 Å². The van der Waals surface area contributed by atoms with Crippen LogP contribution in [0, 0.1) is 5.82 Å². The van der Waals surface area contributed by atoms with Crippen LogP contribution in [0.2, 0.25) is 0 Å². The van der Waals surface area contributed by atoms with Gasteiger partial charge in [-0.2, -0.15) is 10.8 Å². The van der Waals surface area contributed by atoms with E-state index >= 15 is 4.39 Å². The molecule has 144 valence electrons. The molecule has 2 aliphatic heterocycles. The number of hydrogen-bond donors (Lipinski definition) is 1. The van der Waals surface area contributed by atoms with Crippen LogP contribution in [0.1, 0.15) is 5.56 Å². The standard InChI is InChI=1S/C23H15FN5S/c24-17-11-15-6-7-18(21-5-2-10-30-21)27-19(15)12-16(17)23-28-22(14-3-1-4-14)20-13-26-8-9-29(20,23)25/h1-13H,25H2/q+1. The fraction of sp³-hybridized carbons (Fsp3) is 0. The van der Waals surface area contributed by atoms with Crippen molar-refractivity contribution in [3.63, 3.8) is 0 Å². The summed E-state index contributed by atoms with van der Waals surface area (Å²) >= 11 is 1.62. The van der Waals surface area contributed by atoms with E-state index in [2.05, 4.69) is 4.99 Å². The topological polar surface area (TPSA) is 63.6 Å². The number of amidine groups is 1. The summed E-state index contributed by atoms with van der Waals surface area (Å²) in [5, 5.41) is 2.74. The molecule has 0 fully saturated rings. The van der Waals surface area contributed by atoms with Gasteiger partial charge in [0.15, 0.2) is 0 Å². The molecule has 6 rings (SSSR count). The van der Waals surface area contributed by atoms with E-state index in [9.17, 15) is 0 Å². The van der Waals surface area contributed by atoms with Crippen LogP contribution in [0.4, 0.5) is 4.39 Å². The number of aliphatic imine (C=N–C) groups is 2. The van der Waals surface area contributed by atoms with Crippen LogP contribution < -0.4 is 5.84 Å². The molecule has 4 heterocycles. The van der Waals surface area contributed by atoms with Crippen molar-refractivity contribution in [3.8, 4) is 10.6 Å². The zero-order valence-corrected chi connectivity index (χ0v) is 16.5.